The van der Waals surface area contributed by atoms with E-state index in [1.54, 1.807) is 12.1 Å². The number of alkyl halides is 3. The van der Waals surface area contributed by atoms with Crippen LogP contribution in [-0.4, -0.2) is 41.3 Å². The van der Waals surface area contributed by atoms with Crippen LogP contribution in [0.3, 0.4) is 0 Å². The molecule has 0 radical (unpaired) electrons. The van der Waals surface area contributed by atoms with Gasteiger partial charge in [-0.05, 0) is 67.3 Å². The molecule has 2 aromatic carbocycles. The fourth-order valence-corrected chi connectivity index (χ4v) is 6.61. The van der Waals surface area contributed by atoms with Crippen LogP contribution in [0.2, 0.25) is 0 Å². The third kappa shape index (κ3) is 5.64. The van der Waals surface area contributed by atoms with Gasteiger partial charge in [-0.3, -0.25) is 0 Å². The number of carboxylic acids is 1. The number of hydrogen-bond acceptors (Lipinski definition) is 6. The van der Waals surface area contributed by atoms with Crippen molar-refractivity contribution in [3.05, 3.63) is 81.7 Å². The number of aromatic nitrogens is 3. The Morgan fingerprint density at radius 2 is 1.88 bits per heavy atom. The van der Waals surface area contributed by atoms with Crippen LogP contribution in [0.5, 0.6) is 0 Å². The van der Waals surface area contributed by atoms with Gasteiger partial charge in [-0.1, -0.05) is 24.3 Å². The normalized spacial score (nSPS) is 17.5. The molecule has 2 atom stereocenters. The molecule has 0 spiro atoms. The topological polar surface area (TPSA) is 131 Å². The van der Waals surface area contributed by atoms with Gasteiger partial charge in [-0.25, -0.2) is 28.2 Å². The second-order valence-corrected chi connectivity index (χ2v) is 12.9. The maximum absolute atomic E-state index is 14.8. The van der Waals surface area contributed by atoms with E-state index in [2.05, 4.69) is 4.98 Å². The van der Waals surface area contributed by atoms with Crippen molar-refractivity contribution in [2.24, 2.45) is 17.0 Å². The molecule has 4 N–H and O–H groups in total. The third-order valence-electron chi connectivity index (χ3n) is 7.93. The first-order valence-corrected chi connectivity index (χ1v) is 15.6. The predicted octanol–water partition coefficient (Wildman–Crippen LogP) is 5.52. The van der Waals surface area contributed by atoms with Gasteiger partial charge < -0.3 is 10.2 Å². The van der Waals surface area contributed by atoms with E-state index in [-0.39, 0.29) is 40.5 Å². The van der Waals surface area contributed by atoms with E-state index in [1.807, 2.05) is 0 Å². The molecule has 14 heteroatoms. The first-order chi connectivity index (χ1) is 20.4. The van der Waals surface area contributed by atoms with E-state index in [0.717, 1.165) is 24.2 Å². The highest BCUT2D eigenvalue weighted by atomic mass is 32.2. The third-order valence-corrected chi connectivity index (χ3v) is 9.51. The zero-order chi connectivity index (χ0) is 30.7. The average Bonchev–Trinajstić information content (AvgIpc) is 3.87. The van der Waals surface area contributed by atoms with Gasteiger partial charge in [0.2, 0.25) is 5.13 Å². The number of rotatable bonds is 10. The van der Waals surface area contributed by atoms with E-state index in [9.17, 15) is 36.8 Å². The van der Waals surface area contributed by atoms with Crippen molar-refractivity contribution in [3.63, 3.8) is 0 Å². The highest BCUT2D eigenvalue weighted by Crippen LogP contribution is 2.54. The van der Waals surface area contributed by atoms with Gasteiger partial charge in [0.1, 0.15) is 16.8 Å². The number of thiazole rings is 1. The van der Waals surface area contributed by atoms with Gasteiger partial charge in [0.05, 0.1) is 16.3 Å². The monoisotopic (exact) mass is 634 g/mol. The van der Waals surface area contributed by atoms with Crippen molar-refractivity contribution in [2.75, 3.05) is 0 Å². The largest absolute Gasteiger partial charge is 0.476 e. The molecule has 0 bridgehead atoms. The number of benzene rings is 2. The maximum Gasteiger partial charge on any atom is 0.421 e. The summed E-state index contributed by atoms with van der Waals surface area (Å²) in [6.45, 7) is 0. The van der Waals surface area contributed by atoms with Crippen molar-refractivity contribution in [1.82, 2.24) is 14.8 Å². The molecule has 0 aliphatic heterocycles. The highest BCUT2D eigenvalue weighted by Gasteiger charge is 2.62. The standard InChI is InChI=1S/C29H26F4N4O4S2/c30-21-11-16(6-9-24(21)43(34)41)10-20-23(12-15-4-5-15)37(27-35-22(14-42-27)26(38)39)36-25(20)17-2-1-3-19(13-17)28(40,18-7-8-18)29(31,32)33/h1-3,6,9,11,13-15,18,40H,4-5,7-8,10,12,34H2,(H,38,39). The van der Waals surface area contributed by atoms with Gasteiger partial charge in [0.15, 0.2) is 11.3 Å². The molecule has 0 amide bonds. The summed E-state index contributed by atoms with van der Waals surface area (Å²) in [5, 5.41) is 32.2. The van der Waals surface area contributed by atoms with Gasteiger partial charge in [-0.2, -0.15) is 18.3 Å². The van der Waals surface area contributed by atoms with Crippen LogP contribution >= 0.6 is 11.3 Å². The van der Waals surface area contributed by atoms with Crippen LogP contribution in [0.25, 0.3) is 16.4 Å². The molecule has 2 aromatic heterocycles. The zero-order valence-electron chi connectivity index (χ0n) is 22.5. The summed E-state index contributed by atoms with van der Waals surface area (Å²) in [4.78, 5) is 15.6. The van der Waals surface area contributed by atoms with Crippen molar-refractivity contribution in [3.8, 4) is 16.4 Å². The number of aliphatic hydroxyl groups is 1. The van der Waals surface area contributed by atoms with E-state index in [4.69, 9.17) is 10.2 Å². The van der Waals surface area contributed by atoms with Crippen LogP contribution in [0, 0.1) is 17.7 Å². The van der Waals surface area contributed by atoms with Crippen LogP contribution in [0.4, 0.5) is 17.6 Å². The number of carboxylic acid groups (broad SMARTS) is 1. The first kappa shape index (κ1) is 29.6. The smallest absolute Gasteiger partial charge is 0.421 e. The second-order valence-electron chi connectivity index (χ2n) is 11.0. The first-order valence-electron chi connectivity index (χ1n) is 13.5. The molecule has 6 rings (SSSR count). The molecule has 8 nitrogen and oxygen atoms in total. The summed E-state index contributed by atoms with van der Waals surface area (Å²) in [5.41, 5.74) is -1.13. The van der Waals surface area contributed by atoms with Crippen LogP contribution in [0.15, 0.2) is 52.7 Å². The summed E-state index contributed by atoms with van der Waals surface area (Å²) in [5.74, 6) is -2.62. The molecule has 0 saturated heterocycles. The Kier molecular flexibility index (Phi) is 7.51. The molecule has 2 unspecified atom stereocenters. The Morgan fingerprint density at radius 1 is 1.14 bits per heavy atom. The van der Waals surface area contributed by atoms with Gasteiger partial charge in [0.25, 0.3) is 0 Å². The van der Waals surface area contributed by atoms with Crippen LogP contribution < -0.4 is 5.14 Å². The Bertz CT molecular complexity index is 1750. The van der Waals surface area contributed by atoms with E-state index in [0.29, 0.717) is 40.4 Å². The maximum atomic E-state index is 14.8. The Labute approximate surface area is 249 Å². The van der Waals surface area contributed by atoms with Crippen molar-refractivity contribution >= 4 is 28.3 Å². The summed E-state index contributed by atoms with van der Waals surface area (Å²) >= 11 is 1.06. The molecule has 2 aliphatic rings. The molecule has 2 saturated carbocycles. The molecule has 43 heavy (non-hydrogen) atoms. The van der Waals surface area contributed by atoms with Crippen LogP contribution in [0.1, 0.15) is 58.6 Å². The minimum atomic E-state index is -4.90. The summed E-state index contributed by atoms with van der Waals surface area (Å²) in [6, 6.07) is 9.67. The highest BCUT2D eigenvalue weighted by molar-refractivity contribution is 7.82. The number of hydrogen-bond donors (Lipinski definition) is 3. The molecule has 226 valence electrons. The second kappa shape index (κ2) is 10.9. The van der Waals surface area contributed by atoms with Crippen molar-refractivity contribution in [2.45, 2.75) is 55.2 Å². The number of nitrogens with zero attached hydrogens (tertiary/aromatic N) is 3. The van der Waals surface area contributed by atoms with E-state index < -0.39 is 40.5 Å². The molecule has 2 heterocycles. The SMILES string of the molecule is NS(=O)c1ccc(Cc2c(-c3cccc(C(O)(C4CC4)C(F)(F)F)c3)nn(-c3nc(C(=O)O)cs3)c2CC2CC2)cc1F. The Balaban J connectivity index is 1.53. The fourth-order valence-electron chi connectivity index (χ4n) is 5.38. The molecule has 4 aromatic rings. The van der Waals surface area contributed by atoms with E-state index in [1.165, 1.54) is 40.4 Å². The van der Waals surface area contributed by atoms with Gasteiger partial charge >= 0.3 is 12.1 Å². The molecule has 2 fully saturated rings. The molecule has 2 aliphatic carbocycles. The summed E-state index contributed by atoms with van der Waals surface area (Å²) in [7, 11) is -2.04. The average molecular weight is 635 g/mol. The lowest BCUT2D eigenvalue weighted by Gasteiger charge is -2.31. The minimum Gasteiger partial charge on any atom is -0.476 e. The quantitative estimate of drug-likeness (QED) is 0.197. The predicted molar refractivity (Wildman–Crippen MR) is 151 cm³/mol. The molecular weight excluding hydrogens is 608 g/mol. The molecular formula is C29H26F4N4O4S2. The number of halogens is 4. The Morgan fingerprint density at radius 3 is 2.47 bits per heavy atom. The van der Waals surface area contributed by atoms with E-state index >= 15 is 0 Å². The Hall–Kier alpha value is -3.46. The van der Waals surface area contributed by atoms with Crippen molar-refractivity contribution in [1.29, 1.82) is 0 Å². The van der Waals surface area contributed by atoms with Crippen LogP contribution in [-0.2, 0) is 29.4 Å². The summed E-state index contributed by atoms with van der Waals surface area (Å²) < 4.78 is 70.7. The lowest BCUT2D eigenvalue weighted by molar-refractivity contribution is -0.275. The van der Waals surface area contributed by atoms with Crippen molar-refractivity contribution < 1.29 is 36.8 Å². The minimum absolute atomic E-state index is 0.110. The number of aromatic carboxylic acids is 1. The zero-order valence-corrected chi connectivity index (χ0v) is 24.1. The lowest BCUT2D eigenvalue weighted by Crippen LogP contribution is -2.44. The fraction of sp³-hybridized carbons (Fsp3) is 0.345. The van der Waals surface area contributed by atoms with Gasteiger partial charge in [0, 0.05) is 28.8 Å². The summed E-state index contributed by atoms with van der Waals surface area (Å²) in [6.07, 6.45) is -1.85. The van der Waals surface area contributed by atoms with Gasteiger partial charge in [-0.15, -0.1) is 11.3 Å². The lowest BCUT2D eigenvalue weighted by atomic mass is 9.86. The number of carbonyl (C=O) groups is 1. The number of nitrogens with two attached hydrogens (primary N) is 1.